The van der Waals surface area contributed by atoms with E-state index in [1.807, 2.05) is 6.07 Å². The number of ether oxygens (including phenoxy) is 1. The van der Waals surface area contributed by atoms with Gasteiger partial charge in [0, 0.05) is 24.5 Å². The summed E-state index contributed by atoms with van der Waals surface area (Å²) in [5.41, 5.74) is -0.164. The lowest BCUT2D eigenvalue weighted by Crippen LogP contribution is -2.29. The molecule has 1 fully saturated rings. The van der Waals surface area contributed by atoms with Gasteiger partial charge in [0.05, 0.1) is 11.5 Å². The minimum atomic E-state index is -0.164. The molecule has 0 amide bonds. The Kier molecular flexibility index (Phi) is 2.85. The van der Waals surface area contributed by atoms with Crippen LogP contribution in [0.1, 0.15) is 17.7 Å². The van der Waals surface area contributed by atoms with Crippen LogP contribution in [0.5, 0.6) is 0 Å². The molecule has 0 saturated carbocycles. The second-order valence-corrected chi connectivity index (χ2v) is 4.79. The lowest BCUT2D eigenvalue weighted by molar-refractivity contribution is 0.0409. The molecule has 1 aromatic heterocycles. The first-order valence-electron chi connectivity index (χ1n) is 4.86. The van der Waals surface area contributed by atoms with Crippen molar-refractivity contribution < 1.29 is 4.74 Å². The van der Waals surface area contributed by atoms with Crippen LogP contribution in [0, 0.1) is 16.7 Å². The molecule has 3 heteroatoms. The molecule has 0 unspecified atom stereocenters. The van der Waals surface area contributed by atoms with Gasteiger partial charge in [0.1, 0.15) is 0 Å². The van der Waals surface area contributed by atoms with Crippen LogP contribution in [-0.4, -0.2) is 13.2 Å². The summed E-state index contributed by atoms with van der Waals surface area (Å²) in [6.07, 6.45) is 2.65. The first-order chi connectivity index (χ1) is 6.85. The van der Waals surface area contributed by atoms with E-state index in [-0.39, 0.29) is 5.41 Å². The van der Waals surface area contributed by atoms with E-state index in [0.717, 1.165) is 32.5 Å². The Morgan fingerprint density at radius 3 is 2.86 bits per heavy atom. The Bertz CT molecular complexity index is 320. The monoisotopic (exact) mass is 207 g/mol. The van der Waals surface area contributed by atoms with E-state index < -0.39 is 0 Å². The zero-order chi connectivity index (χ0) is 9.86. The van der Waals surface area contributed by atoms with Crippen molar-refractivity contribution in [1.29, 1.82) is 5.26 Å². The molecule has 0 aliphatic carbocycles. The summed E-state index contributed by atoms with van der Waals surface area (Å²) < 4.78 is 5.30. The number of nitrogens with zero attached hydrogens (tertiary/aromatic N) is 1. The molecule has 2 heterocycles. The van der Waals surface area contributed by atoms with E-state index in [1.54, 1.807) is 11.3 Å². The van der Waals surface area contributed by atoms with Gasteiger partial charge >= 0.3 is 0 Å². The van der Waals surface area contributed by atoms with Crippen molar-refractivity contribution in [2.45, 2.75) is 19.3 Å². The van der Waals surface area contributed by atoms with Gasteiger partial charge in [-0.3, -0.25) is 0 Å². The molecule has 0 aromatic carbocycles. The van der Waals surface area contributed by atoms with E-state index in [9.17, 15) is 5.26 Å². The average molecular weight is 207 g/mol. The van der Waals surface area contributed by atoms with Gasteiger partial charge in [0.15, 0.2) is 0 Å². The number of hydrogen-bond donors (Lipinski definition) is 0. The van der Waals surface area contributed by atoms with E-state index in [4.69, 9.17) is 4.74 Å². The maximum absolute atomic E-state index is 9.24. The predicted molar refractivity (Wildman–Crippen MR) is 56.1 cm³/mol. The molecule has 0 radical (unpaired) electrons. The highest BCUT2D eigenvalue weighted by molar-refractivity contribution is 7.09. The summed E-state index contributed by atoms with van der Waals surface area (Å²) in [4.78, 5) is 1.31. The van der Waals surface area contributed by atoms with Crippen molar-refractivity contribution in [2.75, 3.05) is 13.2 Å². The minimum Gasteiger partial charge on any atom is -0.381 e. The summed E-state index contributed by atoms with van der Waals surface area (Å²) in [7, 11) is 0. The molecule has 0 N–H and O–H groups in total. The first kappa shape index (κ1) is 9.70. The third-order valence-corrected chi connectivity index (χ3v) is 3.66. The first-order valence-corrected chi connectivity index (χ1v) is 5.74. The van der Waals surface area contributed by atoms with Gasteiger partial charge in [0.25, 0.3) is 0 Å². The van der Waals surface area contributed by atoms with Crippen molar-refractivity contribution in [3.63, 3.8) is 0 Å². The second kappa shape index (κ2) is 4.12. The zero-order valence-corrected chi connectivity index (χ0v) is 8.85. The molecule has 1 saturated heterocycles. The van der Waals surface area contributed by atoms with Crippen molar-refractivity contribution in [3.05, 3.63) is 22.4 Å². The molecule has 1 aliphatic heterocycles. The molecule has 14 heavy (non-hydrogen) atoms. The highest BCUT2D eigenvalue weighted by Crippen LogP contribution is 2.34. The van der Waals surface area contributed by atoms with Crippen LogP contribution in [0.15, 0.2) is 17.5 Å². The van der Waals surface area contributed by atoms with Crippen molar-refractivity contribution >= 4 is 11.3 Å². The number of nitriles is 1. The van der Waals surface area contributed by atoms with Gasteiger partial charge in [-0.1, -0.05) is 6.07 Å². The molecule has 2 nitrogen and oxygen atoms in total. The van der Waals surface area contributed by atoms with Crippen molar-refractivity contribution in [3.8, 4) is 6.07 Å². The maximum Gasteiger partial charge on any atom is 0.0695 e. The van der Waals surface area contributed by atoms with Crippen LogP contribution < -0.4 is 0 Å². The minimum absolute atomic E-state index is 0.164. The standard InChI is InChI=1S/C11H13NOS/c12-9-11(3-5-13-6-4-11)8-10-2-1-7-14-10/h1-2,7H,3-6,8H2. The maximum atomic E-state index is 9.24. The van der Waals surface area contributed by atoms with Crippen LogP contribution in [0.2, 0.25) is 0 Å². The third-order valence-electron chi connectivity index (χ3n) is 2.78. The molecule has 2 rings (SSSR count). The Balaban J connectivity index is 2.09. The molecule has 1 aliphatic rings. The molecular formula is C11H13NOS. The van der Waals surface area contributed by atoms with Gasteiger partial charge < -0.3 is 4.74 Å². The van der Waals surface area contributed by atoms with Gasteiger partial charge in [-0.2, -0.15) is 5.26 Å². The Hall–Kier alpha value is -0.850. The fourth-order valence-corrected chi connectivity index (χ4v) is 2.69. The largest absolute Gasteiger partial charge is 0.381 e. The van der Waals surface area contributed by atoms with E-state index >= 15 is 0 Å². The lowest BCUT2D eigenvalue weighted by atomic mass is 9.78. The highest BCUT2D eigenvalue weighted by Gasteiger charge is 2.32. The number of thiophene rings is 1. The van der Waals surface area contributed by atoms with Crippen LogP contribution in [-0.2, 0) is 11.2 Å². The van der Waals surface area contributed by atoms with Gasteiger partial charge in [-0.25, -0.2) is 0 Å². The smallest absolute Gasteiger partial charge is 0.0695 e. The summed E-state index contributed by atoms with van der Waals surface area (Å²) in [5.74, 6) is 0. The van der Waals surface area contributed by atoms with Crippen LogP contribution in [0.4, 0.5) is 0 Å². The SMILES string of the molecule is N#CC1(Cc2cccs2)CCOCC1. The van der Waals surface area contributed by atoms with E-state index in [0.29, 0.717) is 0 Å². The molecule has 0 spiro atoms. The average Bonchev–Trinajstić information content (AvgIpc) is 2.72. The fraction of sp³-hybridized carbons (Fsp3) is 0.545. The zero-order valence-electron chi connectivity index (χ0n) is 8.03. The van der Waals surface area contributed by atoms with E-state index in [1.165, 1.54) is 4.88 Å². The predicted octanol–water partition coefficient (Wildman–Crippen LogP) is 2.61. The highest BCUT2D eigenvalue weighted by atomic mass is 32.1. The van der Waals surface area contributed by atoms with Crippen LogP contribution in [0.25, 0.3) is 0 Å². The summed E-state index contributed by atoms with van der Waals surface area (Å²) in [6.45, 7) is 1.47. The molecule has 1 aromatic rings. The molecule has 0 atom stereocenters. The molecular weight excluding hydrogens is 194 g/mol. The second-order valence-electron chi connectivity index (χ2n) is 3.76. The summed E-state index contributed by atoms with van der Waals surface area (Å²) in [5, 5.41) is 11.3. The van der Waals surface area contributed by atoms with Gasteiger partial charge in [0.2, 0.25) is 0 Å². The third kappa shape index (κ3) is 1.97. The lowest BCUT2D eigenvalue weighted by Gasteiger charge is -2.30. The van der Waals surface area contributed by atoms with Crippen molar-refractivity contribution in [2.24, 2.45) is 5.41 Å². The normalized spacial score (nSPS) is 20.2. The van der Waals surface area contributed by atoms with Gasteiger partial charge in [-0.15, -0.1) is 11.3 Å². The van der Waals surface area contributed by atoms with Crippen LogP contribution >= 0.6 is 11.3 Å². The van der Waals surface area contributed by atoms with Gasteiger partial charge in [-0.05, 0) is 24.3 Å². The van der Waals surface area contributed by atoms with Crippen LogP contribution in [0.3, 0.4) is 0 Å². The molecule has 74 valence electrons. The quantitative estimate of drug-likeness (QED) is 0.746. The fourth-order valence-electron chi connectivity index (χ4n) is 1.84. The number of rotatable bonds is 2. The summed E-state index contributed by atoms with van der Waals surface area (Å²) in [6, 6.07) is 6.64. The summed E-state index contributed by atoms with van der Waals surface area (Å²) >= 11 is 1.74. The Morgan fingerprint density at radius 1 is 1.50 bits per heavy atom. The van der Waals surface area contributed by atoms with Crippen molar-refractivity contribution in [1.82, 2.24) is 0 Å². The number of hydrogen-bond acceptors (Lipinski definition) is 3. The van der Waals surface area contributed by atoms with E-state index in [2.05, 4.69) is 17.5 Å². The topological polar surface area (TPSA) is 33.0 Å². The Labute approximate surface area is 88.1 Å². The Morgan fingerprint density at radius 2 is 2.29 bits per heavy atom. The molecule has 0 bridgehead atoms.